The molecule has 0 aliphatic heterocycles. The molecule has 1 aromatic carbocycles. The maximum Gasteiger partial charge on any atom is 0.326 e. The molecule has 112 valence electrons. The Balaban J connectivity index is 2.20. The second-order valence-electron chi connectivity index (χ2n) is 5.13. The standard InChI is InChI=1S/C15H18N2O4/c1-4-10(15(19)20)16-13(18)7-11-14-9(3)5-8(2)6-12(14)21-17-11/h5-6,10H,4,7H2,1-3H3,(H,16,18)(H,19,20). The van der Waals surface area contributed by atoms with Crippen LogP contribution in [-0.4, -0.2) is 28.2 Å². The molecule has 0 radical (unpaired) electrons. The summed E-state index contributed by atoms with van der Waals surface area (Å²) >= 11 is 0. The van der Waals surface area contributed by atoms with E-state index in [0.29, 0.717) is 17.7 Å². The molecule has 0 saturated carbocycles. The second-order valence-corrected chi connectivity index (χ2v) is 5.13. The number of fused-ring (bicyclic) bond motifs is 1. The van der Waals surface area contributed by atoms with Crippen molar-refractivity contribution in [3.63, 3.8) is 0 Å². The monoisotopic (exact) mass is 290 g/mol. The van der Waals surface area contributed by atoms with E-state index in [1.165, 1.54) is 0 Å². The third kappa shape index (κ3) is 3.21. The van der Waals surface area contributed by atoms with Gasteiger partial charge in [0.25, 0.3) is 0 Å². The lowest BCUT2D eigenvalue weighted by Gasteiger charge is -2.11. The molecule has 0 fully saturated rings. The zero-order chi connectivity index (χ0) is 15.6. The Morgan fingerprint density at radius 2 is 2.10 bits per heavy atom. The molecule has 6 nitrogen and oxygen atoms in total. The second kappa shape index (κ2) is 5.95. The van der Waals surface area contributed by atoms with E-state index in [9.17, 15) is 9.59 Å². The summed E-state index contributed by atoms with van der Waals surface area (Å²) in [7, 11) is 0. The van der Waals surface area contributed by atoms with Crippen molar-refractivity contribution in [2.75, 3.05) is 0 Å². The summed E-state index contributed by atoms with van der Waals surface area (Å²) in [5, 5.41) is 16.2. The van der Waals surface area contributed by atoms with Crippen molar-refractivity contribution in [2.45, 2.75) is 39.7 Å². The number of nitrogens with one attached hydrogen (secondary N) is 1. The zero-order valence-corrected chi connectivity index (χ0v) is 12.3. The number of benzene rings is 1. The van der Waals surface area contributed by atoms with Crippen LogP contribution < -0.4 is 5.32 Å². The topological polar surface area (TPSA) is 92.4 Å². The maximum absolute atomic E-state index is 11.9. The number of nitrogens with zero attached hydrogens (tertiary/aromatic N) is 1. The minimum atomic E-state index is -1.04. The van der Waals surface area contributed by atoms with Crippen molar-refractivity contribution in [2.24, 2.45) is 0 Å². The van der Waals surface area contributed by atoms with Crippen molar-refractivity contribution in [1.29, 1.82) is 0 Å². The van der Waals surface area contributed by atoms with E-state index >= 15 is 0 Å². The van der Waals surface area contributed by atoms with Crippen LogP contribution in [0.2, 0.25) is 0 Å². The molecular weight excluding hydrogens is 272 g/mol. The number of aromatic nitrogens is 1. The summed E-state index contributed by atoms with van der Waals surface area (Å²) in [5.74, 6) is -1.41. The first-order chi connectivity index (χ1) is 9.92. The van der Waals surface area contributed by atoms with Crippen LogP contribution in [0.5, 0.6) is 0 Å². The average molecular weight is 290 g/mol. The Morgan fingerprint density at radius 1 is 1.38 bits per heavy atom. The predicted molar refractivity (Wildman–Crippen MR) is 77.0 cm³/mol. The number of carboxylic acid groups (broad SMARTS) is 1. The number of carbonyl (C=O) groups excluding carboxylic acids is 1. The number of hydrogen-bond acceptors (Lipinski definition) is 4. The van der Waals surface area contributed by atoms with Crippen LogP contribution in [0.3, 0.4) is 0 Å². The first-order valence-corrected chi connectivity index (χ1v) is 6.80. The van der Waals surface area contributed by atoms with E-state index in [0.717, 1.165) is 16.5 Å². The van der Waals surface area contributed by atoms with Crippen molar-refractivity contribution in [3.8, 4) is 0 Å². The fourth-order valence-electron chi connectivity index (χ4n) is 2.38. The molecule has 2 rings (SSSR count). The van der Waals surface area contributed by atoms with E-state index < -0.39 is 12.0 Å². The highest BCUT2D eigenvalue weighted by atomic mass is 16.5. The van der Waals surface area contributed by atoms with Crippen LogP contribution in [0.15, 0.2) is 16.7 Å². The number of aryl methyl sites for hydroxylation is 2. The molecule has 0 aliphatic carbocycles. The number of amides is 1. The lowest BCUT2D eigenvalue weighted by molar-refractivity contribution is -0.141. The maximum atomic E-state index is 11.9. The van der Waals surface area contributed by atoms with Crippen LogP contribution in [0.25, 0.3) is 11.0 Å². The molecule has 0 saturated heterocycles. The Kier molecular flexibility index (Phi) is 4.26. The van der Waals surface area contributed by atoms with Gasteiger partial charge in [-0.05, 0) is 37.5 Å². The summed E-state index contributed by atoms with van der Waals surface area (Å²) in [6.07, 6.45) is 0.333. The highest BCUT2D eigenvalue weighted by Gasteiger charge is 2.20. The van der Waals surface area contributed by atoms with E-state index in [1.54, 1.807) is 6.92 Å². The van der Waals surface area contributed by atoms with Gasteiger partial charge in [0.05, 0.1) is 6.42 Å². The highest BCUT2D eigenvalue weighted by molar-refractivity contribution is 5.90. The van der Waals surface area contributed by atoms with Gasteiger partial charge in [-0.3, -0.25) is 4.79 Å². The van der Waals surface area contributed by atoms with E-state index in [-0.39, 0.29) is 12.3 Å². The average Bonchev–Trinajstić information content (AvgIpc) is 2.78. The molecule has 1 heterocycles. The molecule has 1 amide bonds. The predicted octanol–water partition coefficient (Wildman–Crippen LogP) is 1.97. The molecule has 1 atom stereocenters. The molecule has 21 heavy (non-hydrogen) atoms. The Labute approximate surface area is 122 Å². The number of aliphatic carboxylic acids is 1. The third-order valence-corrected chi connectivity index (χ3v) is 3.36. The minimum absolute atomic E-state index is 0.000676. The van der Waals surface area contributed by atoms with Crippen molar-refractivity contribution < 1.29 is 19.2 Å². The molecule has 6 heteroatoms. The van der Waals surface area contributed by atoms with Gasteiger partial charge < -0.3 is 14.9 Å². The van der Waals surface area contributed by atoms with Gasteiger partial charge in [0.1, 0.15) is 11.7 Å². The summed E-state index contributed by atoms with van der Waals surface area (Å²) in [4.78, 5) is 22.9. The minimum Gasteiger partial charge on any atom is -0.480 e. The number of carbonyl (C=O) groups is 2. The Hall–Kier alpha value is -2.37. The Morgan fingerprint density at radius 3 is 2.71 bits per heavy atom. The zero-order valence-electron chi connectivity index (χ0n) is 12.3. The molecule has 1 unspecified atom stereocenters. The smallest absolute Gasteiger partial charge is 0.326 e. The number of carboxylic acids is 1. The van der Waals surface area contributed by atoms with Crippen LogP contribution in [-0.2, 0) is 16.0 Å². The van der Waals surface area contributed by atoms with Gasteiger partial charge in [-0.2, -0.15) is 0 Å². The van der Waals surface area contributed by atoms with Gasteiger partial charge in [-0.1, -0.05) is 18.1 Å². The molecule has 2 aromatic rings. The molecule has 0 spiro atoms. The van der Waals surface area contributed by atoms with Gasteiger partial charge in [0.2, 0.25) is 5.91 Å². The van der Waals surface area contributed by atoms with Crippen molar-refractivity contribution in [3.05, 3.63) is 29.0 Å². The molecule has 1 aromatic heterocycles. The fourth-order valence-corrected chi connectivity index (χ4v) is 2.38. The van der Waals surface area contributed by atoms with Crippen LogP contribution in [0.4, 0.5) is 0 Å². The lowest BCUT2D eigenvalue weighted by atomic mass is 10.0. The van der Waals surface area contributed by atoms with E-state index in [2.05, 4.69) is 10.5 Å². The Bertz CT molecular complexity index is 690. The fraction of sp³-hybridized carbons (Fsp3) is 0.400. The first kappa shape index (κ1) is 15.0. The third-order valence-electron chi connectivity index (χ3n) is 3.36. The summed E-state index contributed by atoms with van der Waals surface area (Å²) < 4.78 is 5.24. The lowest BCUT2D eigenvalue weighted by Crippen LogP contribution is -2.41. The van der Waals surface area contributed by atoms with Crippen molar-refractivity contribution in [1.82, 2.24) is 10.5 Å². The first-order valence-electron chi connectivity index (χ1n) is 6.80. The molecule has 0 aliphatic rings. The largest absolute Gasteiger partial charge is 0.480 e. The van der Waals surface area contributed by atoms with Crippen molar-refractivity contribution >= 4 is 22.8 Å². The summed E-state index contributed by atoms with van der Waals surface area (Å²) in [5.41, 5.74) is 3.21. The number of hydrogen-bond donors (Lipinski definition) is 2. The quantitative estimate of drug-likeness (QED) is 0.878. The normalized spacial score (nSPS) is 12.3. The molecule has 0 bridgehead atoms. The molecule has 2 N–H and O–H groups in total. The van der Waals surface area contributed by atoms with E-state index in [4.69, 9.17) is 9.63 Å². The van der Waals surface area contributed by atoms with Gasteiger partial charge in [-0.25, -0.2) is 4.79 Å². The van der Waals surface area contributed by atoms with Crippen LogP contribution in [0.1, 0.15) is 30.2 Å². The van der Waals surface area contributed by atoms with Crippen LogP contribution in [0, 0.1) is 13.8 Å². The summed E-state index contributed by atoms with van der Waals surface area (Å²) in [6, 6.07) is 2.98. The van der Waals surface area contributed by atoms with Gasteiger partial charge in [0.15, 0.2) is 5.58 Å². The van der Waals surface area contributed by atoms with Gasteiger partial charge in [0, 0.05) is 5.39 Å². The van der Waals surface area contributed by atoms with E-state index in [1.807, 2.05) is 26.0 Å². The number of rotatable bonds is 5. The van der Waals surface area contributed by atoms with Gasteiger partial charge >= 0.3 is 5.97 Å². The van der Waals surface area contributed by atoms with Crippen LogP contribution >= 0.6 is 0 Å². The SMILES string of the molecule is CCC(NC(=O)Cc1noc2cc(C)cc(C)c12)C(=O)O. The molecular formula is C15H18N2O4. The highest BCUT2D eigenvalue weighted by Crippen LogP contribution is 2.24. The summed E-state index contributed by atoms with van der Waals surface area (Å²) in [6.45, 7) is 5.59. The van der Waals surface area contributed by atoms with Gasteiger partial charge in [-0.15, -0.1) is 0 Å².